The van der Waals surface area contributed by atoms with E-state index in [9.17, 15) is 18.4 Å². The number of hydrogen-bond acceptors (Lipinski definition) is 4. The van der Waals surface area contributed by atoms with Gasteiger partial charge in [0.1, 0.15) is 23.1 Å². The lowest BCUT2D eigenvalue weighted by atomic mass is 9.73. The van der Waals surface area contributed by atoms with Crippen LogP contribution in [0.25, 0.3) is 0 Å². The van der Waals surface area contributed by atoms with E-state index in [0.29, 0.717) is 11.5 Å². The molecule has 4 nitrogen and oxygen atoms in total. The van der Waals surface area contributed by atoms with Gasteiger partial charge in [0.25, 0.3) is 0 Å². The number of hydrogen-bond donors (Lipinski definition) is 0. The Morgan fingerprint density at radius 2 is 0.892 bits per heavy atom. The lowest BCUT2D eigenvalue weighted by molar-refractivity contribution is 0.0725. The summed E-state index contributed by atoms with van der Waals surface area (Å²) in [7, 11) is 0. The van der Waals surface area contributed by atoms with Crippen LogP contribution in [0.3, 0.4) is 0 Å². The maximum absolute atomic E-state index is 13.1. The van der Waals surface area contributed by atoms with Gasteiger partial charge in [-0.2, -0.15) is 0 Å². The van der Waals surface area contributed by atoms with Crippen molar-refractivity contribution in [1.29, 1.82) is 0 Å². The zero-order chi connectivity index (χ0) is 25.8. The second kappa shape index (κ2) is 10.3. The molecule has 37 heavy (non-hydrogen) atoms. The molecule has 6 heteroatoms. The Labute approximate surface area is 213 Å². The SMILES string of the molecule is O=C(Oc1ccc(C2(c3ccc(OC(=O)c4ccc(F)cc4)cc3)CCCC2)cc1)c1ccc(F)cc1. The highest BCUT2D eigenvalue weighted by molar-refractivity contribution is 5.91. The van der Waals surface area contributed by atoms with Gasteiger partial charge in [0.15, 0.2) is 0 Å². The fourth-order valence-electron chi connectivity index (χ4n) is 4.91. The number of rotatable bonds is 6. The van der Waals surface area contributed by atoms with Crippen LogP contribution < -0.4 is 9.47 Å². The first kappa shape index (κ1) is 24.4. The average molecular weight is 499 g/mol. The van der Waals surface area contributed by atoms with Crippen molar-refractivity contribution >= 4 is 11.9 Å². The molecule has 0 heterocycles. The summed E-state index contributed by atoms with van der Waals surface area (Å²) in [5.41, 5.74) is 2.58. The normalized spacial score (nSPS) is 14.2. The van der Waals surface area contributed by atoms with Crippen molar-refractivity contribution in [2.24, 2.45) is 0 Å². The van der Waals surface area contributed by atoms with Crippen molar-refractivity contribution < 1.29 is 27.8 Å². The minimum atomic E-state index is -0.547. The van der Waals surface area contributed by atoms with Crippen LogP contribution >= 0.6 is 0 Å². The largest absolute Gasteiger partial charge is 0.423 e. The third-order valence-electron chi connectivity index (χ3n) is 6.85. The maximum atomic E-state index is 13.1. The van der Waals surface area contributed by atoms with E-state index in [-0.39, 0.29) is 16.5 Å². The van der Waals surface area contributed by atoms with Crippen molar-refractivity contribution in [2.75, 3.05) is 0 Å². The molecule has 4 aromatic carbocycles. The molecule has 1 aliphatic rings. The van der Waals surface area contributed by atoms with Crippen molar-refractivity contribution in [2.45, 2.75) is 31.1 Å². The first-order valence-electron chi connectivity index (χ1n) is 12.1. The zero-order valence-corrected chi connectivity index (χ0v) is 20.0. The monoisotopic (exact) mass is 498 g/mol. The lowest BCUT2D eigenvalue weighted by Gasteiger charge is -2.30. The molecule has 0 amide bonds. The lowest BCUT2D eigenvalue weighted by Crippen LogP contribution is -2.23. The molecule has 0 aliphatic heterocycles. The number of benzene rings is 4. The van der Waals surface area contributed by atoms with Gasteiger partial charge in [0, 0.05) is 5.41 Å². The third kappa shape index (κ3) is 5.28. The Bertz CT molecular complexity index is 1280. The number of carbonyl (C=O) groups excluding carboxylic acids is 2. The summed E-state index contributed by atoms with van der Waals surface area (Å²) in [5.74, 6) is -1.10. The first-order chi connectivity index (χ1) is 17.9. The molecule has 4 aromatic rings. The number of carbonyl (C=O) groups is 2. The quantitative estimate of drug-likeness (QED) is 0.207. The Balaban J connectivity index is 1.31. The van der Waals surface area contributed by atoms with Crippen LogP contribution in [0.4, 0.5) is 8.78 Å². The first-order valence-corrected chi connectivity index (χ1v) is 12.1. The molecule has 0 spiro atoms. The summed E-state index contributed by atoms with van der Waals surface area (Å²) in [5, 5.41) is 0. The van der Waals surface area contributed by atoms with Gasteiger partial charge in [0.2, 0.25) is 0 Å². The second-order valence-corrected chi connectivity index (χ2v) is 9.13. The van der Waals surface area contributed by atoms with E-state index in [2.05, 4.69) is 0 Å². The second-order valence-electron chi connectivity index (χ2n) is 9.13. The van der Waals surface area contributed by atoms with Crippen LogP contribution in [0.15, 0.2) is 97.1 Å². The van der Waals surface area contributed by atoms with Crippen LogP contribution in [0.5, 0.6) is 11.5 Å². The van der Waals surface area contributed by atoms with E-state index in [1.165, 1.54) is 48.5 Å². The smallest absolute Gasteiger partial charge is 0.343 e. The van der Waals surface area contributed by atoms with Gasteiger partial charge in [0.05, 0.1) is 11.1 Å². The van der Waals surface area contributed by atoms with Gasteiger partial charge in [-0.15, -0.1) is 0 Å². The summed E-state index contributed by atoms with van der Waals surface area (Å²) in [6.45, 7) is 0. The molecule has 1 fully saturated rings. The van der Waals surface area contributed by atoms with E-state index in [0.717, 1.165) is 36.8 Å². The van der Waals surface area contributed by atoms with E-state index in [1.54, 1.807) is 24.3 Å². The topological polar surface area (TPSA) is 52.6 Å². The van der Waals surface area contributed by atoms with Gasteiger partial charge < -0.3 is 9.47 Å². The third-order valence-corrected chi connectivity index (χ3v) is 6.85. The molecule has 1 aliphatic carbocycles. The molecule has 0 unspecified atom stereocenters. The fraction of sp³-hybridized carbons (Fsp3) is 0.161. The highest BCUT2D eigenvalue weighted by atomic mass is 19.1. The number of esters is 2. The summed E-state index contributed by atoms with van der Waals surface area (Å²) in [6, 6.07) is 25.4. The Morgan fingerprint density at radius 1 is 0.541 bits per heavy atom. The van der Waals surface area contributed by atoms with Crippen molar-refractivity contribution in [3.8, 4) is 11.5 Å². The predicted molar refractivity (Wildman–Crippen MR) is 135 cm³/mol. The van der Waals surface area contributed by atoms with Crippen LogP contribution in [-0.2, 0) is 5.41 Å². The molecular weight excluding hydrogens is 474 g/mol. The number of ether oxygens (including phenoxy) is 2. The summed E-state index contributed by atoms with van der Waals surface area (Å²) >= 11 is 0. The maximum Gasteiger partial charge on any atom is 0.343 e. The van der Waals surface area contributed by atoms with Gasteiger partial charge >= 0.3 is 11.9 Å². The molecule has 0 atom stereocenters. The van der Waals surface area contributed by atoms with Crippen LogP contribution in [0.1, 0.15) is 57.5 Å². The minimum Gasteiger partial charge on any atom is -0.423 e. The van der Waals surface area contributed by atoms with E-state index >= 15 is 0 Å². The molecule has 0 bridgehead atoms. The molecule has 0 saturated heterocycles. The molecule has 186 valence electrons. The Kier molecular flexibility index (Phi) is 6.82. The average Bonchev–Trinajstić information content (AvgIpc) is 3.41. The van der Waals surface area contributed by atoms with Crippen molar-refractivity contribution in [1.82, 2.24) is 0 Å². The van der Waals surface area contributed by atoms with Gasteiger partial charge in [-0.1, -0.05) is 37.1 Å². The van der Waals surface area contributed by atoms with Gasteiger partial charge in [-0.25, -0.2) is 18.4 Å². The summed E-state index contributed by atoms with van der Waals surface area (Å²) < 4.78 is 37.2. The minimum absolute atomic E-state index is 0.195. The van der Waals surface area contributed by atoms with Gasteiger partial charge in [-0.05, 0) is 96.8 Å². The summed E-state index contributed by atoms with van der Waals surface area (Å²) in [6.07, 6.45) is 4.11. The van der Waals surface area contributed by atoms with Crippen LogP contribution in [-0.4, -0.2) is 11.9 Å². The molecule has 1 saturated carbocycles. The fourth-order valence-corrected chi connectivity index (χ4v) is 4.91. The summed E-state index contributed by atoms with van der Waals surface area (Å²) in [4.78, 5) is 24.7. The zero-order valence-electron chi connectivity index (χ0n) is 20.0. The molecule has 0 aromatic heterocycles. The molecular formula is C31H24F2O4. The van der Waals surface area contributed by atoms with Crippen molar-refractivity contribution in [3.05, 3.63) is 131 Å². The highest BCUT2D eigenvalue weighted by Gasteiger charge is 2.37. The van der Waals surface area contributed by atoms with Crippen LogP contribution in [0, 0.1) is 11.6 Å². The van der Waals surface area contributed by atoms with Gasteiger partial charge in [-0.3, -0.25) is 0 Å². The molecule has 0 radical (unpaired) electrons. The standard InChI is InChI=1S/C31H24F2O4/c32-25-11-3-21(4-12-25)29(34)36-27-15-7-23(8-16-27)31(19-1-2-20-31)24-9-17-28(18-10-24)37-30(35)22-5-13-26(33)14-6-22/h3-18H,1-2,19-20H2. The van der Waals surface area contributed by atoms with E-state index in [1.807, 2.05) is 24.3 Å². The highest BCUT2D eigenvalue weighted by Crippen LogP contribution is 2.47. The van der Waals surface area contributed by atoms with Crippen molar-refractivity contribution in [3.63, 3.8) is 0 Å². The molecule has 5 rings (SSSR count). The predicted octanol–water partition coefficient (Wildman–Crippen LogP) is 7.26. The Hall–Kier alpha value is -4.32. The van der Waals surface area contributed by atoms with Crippen LogP contribution in [0.2, 0.25) is 0 Å². The van der Waals surface area contributed by atoms with E-state index in [4.69, 9.17) is 9.47 Å². The molecule has 0 N–H and O–H groups in total. The number of halogens is 2. The van der Waals surface area contributed by atoms with E-state index < -0.39 is 23.6 Å². The Morgan fingerprint density at radius 3 is 1.24 bits per heavy atom.